The number of furan rings is 1. The zero-order chi connectivity index (χ0) is 16.7. The molecule has 0 bridgehead atoms. The highest BCUT2D eigenvalue weighted by Crippen LogP contribution is 2.46. The number of rotatable bonds is 3. The molecule has 2 aromatic rings. The Kier molecular flexibility index (Phi) is 3.63. The van der Waals surface area contributed by atoms with Gasteiger partial charge in [0.25, 0.3) is 5.91 Å². The van der Waals surface area contributed by atoms with Crippen LogP contribution in [0.15, 0.2) is 46.9 Å². The van der Waals surface area contributed by atoms with Crippen molar-refractivity contribution < 1.29 is 19.1 Å². The molecular formula is C19H19NO4. The molecule has 1 aromatic heterocycles. The first kappa shape index (κ1) is 15.0. The third kappa shape index (κ3) is 2.40. The van der Waals surface area contributed by atoms with E-state index >= 15 is 0 Å². The molecule has 1 saturated carbocycles. The van der Waals surface area contributed by atoms with Crippen molar-refractivity contribution in [1.82, 2.24) is 4.90 Å². The van der Waals surface area contributed by atoms with E-state index in [0.717, 1.165) is 19.3 Å². The summed E-state index contributed by atoms with van der Waals surface area (Å²) in [6.07, 6.45) is 3.26. The fraction of sp³-hybridized carbons (Fsp3) is 0.368. The molecule has 124 valence electrons. The molecule has 5 nitrogen and oxygen atoms in total. The van der Waals surface area contributed by atoms with Crippen LogP contribution in [0.25, 0.3) is 0 Å². The third-order valence-electron chi connectivity index (χ3n) is 5.36. The van der Waals surface area contributed by atoms with Gasteiger partial charge in [-0.05, 0) is 36.5 Å². The van der Waals surface area contributed by atoms with Crippen LogP contribution in [0.1, 0.15) is 51.9 Å². The summed E-state index contributed by atoms with van der Waals surface area (Å²) in [5, 5.41) is 8.97. The fourth-order valence-electron chi connectivity index (χ4n) is 4.30. The number of hydrogen-bond donors (Lipinski definition) is 1. The van der Waals surface area contributed by atoms with Crippen LogP contribution in [0.3, 0.4) is 0 Å². The summed E-state index contributed by atoms with van der Waals surface area (Å²) in [4.78, 5) is 25.7. The molecule has 1 aromatic carbocycles. The van der Waals surface area contributed by atoms with Crippen LogP contribution in [0.5, 0.6) is 0 Å². The minimum absolute atomic E-state index is 0.117. The number of carboxylic acid groups (broad SMARTS) is 1. The summed E-state index contributed by atoms with van der Waals surface area (Å²) in [6.45, 7) is 0.668. The van der Waals surface area contributed by atoms with E-state index in [9.17, 15) is 9.59 Å². The highest BCUT2D eigenvalue weighted by Gasteiger charge is 2.47. The van der Waals surface area contributed by atoms with Crippen molar-refractivity contribution in [2.24, 2.45) is 5.92 Å². The first-order chi connectivity index (χ1) is 11.6. The summed E-state index contributed by atoms with van der Waals surface area (Å²) >= 11 is 0. The lowest BCUT2D eigenvalue weighted by molar-refractivity contribution is 0.0644. The quantitative estimate of drug-likeness (QED) is 0.939. The van der Waals surface area contributed by atoms with Crippen LogP contribution in [-0.2, 0) is 0 Å². The van der Waals surface area contributed by atoms with Crippen LogP contribution < -0.4 is 0 Å². The predicted molar refractivity (Wildman–Crippen MR) is 87.0 cm³/mol. The average Bonchev–Trinajstić information content (AvgIpc) is 3.31. The molecule has 2 fully saturated rings. The van der Waals surface area contributed by atoms with Gasteiger partial charge in [-0.3, -0.25) is 4.79 Å². The first-order valence-electron chi connectivity index (χ1n) is 8.34. The molecule has 1 saturated heterocycles. The Morgan fingerprint density at radius 2 is 1.79 bits per heavy atom. The molecule has 1 amide bonds. The van der Waals surface area contributed by atoms with E-state index in [4.69, 9.17) is 9.52 Å². The maximum atomic E-state index is 12.8. The zero-order valence-electron chi connectivity index (χ0n) is 13.2. The fourth-order valence-corrected chi connectivity index (χ4v) is 4.30. The molecule has 24 heavy (non-hydrogen) atoms. The van der Waals surface area contributed by atoms with E-state index in [1.165, 1.54) is 17.7 Å². The van der Waals surface area contributed by atoms with Crippen molar-refractivity contribution in [3.05, 3.63) is 59.5 Å². The predicted octanol–water partition coefficient (Wildman–Crippen LogP) is 3.39. The Bertz CT molecular complexity index is 767. The summed E-state index contributed by atoms with van der Waals surface area (Å²) < 4.78 is 5.22. The first-order valence-corrected chi connectivity index (χ1v) is 8.34. The van der Waals surface area contributed by atoms with Crippen LogP contribution in [-0.4, -0.2) is 34.5 Å². The summed E-state index contributed by atoms with van der Waals surface area (Å²) in [6, 6.07) is 13.4. The van der Waals surface area contributed by atoms with Crippen molar-refractivity contribution in [1.29, 1.82) is 0 Å². The van der Waals surface area contributed by atoms with E-state index in [1.807, 2.05) is 23.1 Å². The standard InChI is InChI=1S/C19H19NO4/c21-18(16-9-10-17(24-16)19(22)23)20-11-14(12-5-2-1-3-6-12)13-7-4-8-15(13)20/h1-3,5-6,9-10,13-15H,4,7-8,11H2,(H,22,23). The van der Waals surface area contributed by atoms with Crippen molar-refractivity contribution in [3.63, 3.8) is 0 Å². The summed E-state index contributed by atoms with van der Waals surface area (Å²) in [5.41, 5.74) is 1.27. The van der Waals surface area contributed by atoms with Gasteiger partial charge in [0, 0.05) is 18.5 Å². The van der Waals surface area contributed by atoms with Gasteiger partial charge in [-0.1, -0.05) is 36.8 Å². The number of fused-ring (bicyclic) bond motifs is 1. The topological polar surface area (TPSA) is 70.8 Å². The molecule has 2 heterocycles. The van der Waals surface area contributed by atoms with Gasteiger partial charge in [0.05, 0.1) is 0 Å². The lowest BCUT2D eigenvalue weighted by Crippen LogP contribution is -2.35. The van der Waals surface area contributed by atoms with Gasteiger partial charge in [-0.15, -0.1) is 0 Å². The highest BCUT2D eigenvalue weighted by molar-refractivity contribution is 5.94. The van der Waals surface area contributed by atoms with Gasteiger partial charge >= 0.3 is 5.97 Å². The number of aromatic carboxylic acids is 1. The maximum Gasteiger partial charge on any atom is 0.371 e. The van der Waals surface area contributed by atoms with Gasteiger partial charge in [-0.25, -0.2) is 4.79 Å². The third-order valence-corrected chi connectivity index (χ3v) is 5.36. The summed E-state index contributed by atoms with van der Waals surface area (Å²) in [7, 11) is 0. The second-order valence-corrected chi connectivity index (χ2v) is 6.61. The SMILES string of the molecule is O=C(O)c1ccc(C(=O)N2CC(c3ccccc3)C3CCCC32)o1. The minimum Gasteiger partial charge on any atom is -0.475 e. The molecule has 4 rings (SSSR count). The number of carboxylic acids is 1. The Balaban J connectivity index is 1.61. The van der Waals surface area contributed by atoms with Crippen molar-refractivity contribution in [2.75, 3.05) is 6.54 Å². The van der Waals surface area contributed by atoms with E-state index < -0.39 is 5.97 Å². The van der Waals surface area contributed by atoms with E-state index in [0.29, 0.717) is 18.4 Å². The molecule has 1 aliphatic carbocycles. The summed E-state index contributed by atoms with van der Waals surface area (Å²) in [5.74, 6) is -0.608. The monoisotopic (exact) mass is 325 g/mol. The van der Waals surface area contributed by atoms with Gasteiger partial charge in [0.1, 0.15) is 0 Å². The molecule has 0 spiro atoms. The Morgan fingerprint density at radius 1 is 1.04 bits per heavy atom. The Labute approximate surface area is 139 Å². The minimum atomic E-state index is -1.16. The molecule has 3 atom stereocenters. The van der Waals surface area contributed by atoms with Crippen molar-refractivity contribution in [3.8, 4) is 0 Å². The number of hydrogen-bond acceptors (Lipinski definition) is 3. The largest absolute Gasteiger partial charge is 0.475 e. The number of carbonyl (C=O) groups is 2. The normalized spacial score (nSPS) is 25.7. The van der Waals surface area contributed by atoms with E-state index in [-0.39, 0.29) is 23.5 Å². The van der Waals surface area contributed by atoms with Gasteiger partial charge in [-0.2, -0.15) is 0 Å². The highest BCUT2D eigenvalue weighted by atomic mass is 16.4. The van der Waals surface area contributed by atoms with E-state index in [1.54, 1.807) is 0 Å². The van der Waals surface area contributed by atoms with Gasteiger partial charge < -0.3 is 14.4 Å². The lowest BCUT2D eigenvalue weighted by atomic mass is 9.87. The number of benzene rings is 1. The van der Waals surface area contributed by atoms with Crippen molar-refractivity contribution >= 4 is 11.9 Å². The van der Waals surface area contributed by atoms with Gasteiger partial charge in [0.2, 0.25) is 5.76 Å². The molecule has 3 unspecified atom stereocenters. The number of carbonyl (C=O) groups excluding carboxylic acids is 1. The average molecular weight is 325 g/mol. The van der Waals surface area contributed by atoms with Crippen LogP contribution >= 0.6 is 0 Å². The van der Waals surface area contributed by atoms with Crippen LogP contribution in [0, 0.1) is 5.92 Å². The van der Waals surface area contributed by atoms with Crippen molar-refractivity contribution in [2.45, 2.75) is 31.2 Å². The Hall–Kier alpha value is -2.56. The molecular weight excluding hydrogens is 306 g/mol. The molecule has 1 N–H and O–H groups in total. The molecule has 1 aliphatic heterocycles. The van der Waals surface area contributed by atoms with Gasteiger partial charge in [0.15, 0.2) is 5.76 Å². The molecule has 2 aliphatic rings. The van der Waals surface area contributed by atoms with Crippen LogP contribution in [0.2, 0.25) is 0 Å². The van der Waals surface area contributed by atoms with Crippen LogP contribution in [0.4, 0.5) is 0 Å². The lowest BCUT2D eigenvalue weighted by Gasteiger charge is -2.22. The molecule has 5 heteroatoms. The maximum absolute atomic E-state index is 12.8. The number of likely N-dealkylation sites (tertiary alicyclic amines) is 1. The number of nitrogens with zero attached hydrogens (tertiary/aromatic N) is 1. The Morgan fingerprint density at radius 3 is 2.50 bits per heavy atom. The number of amides is 1. The second-order valence-electron chi connectivity index (χ2n) is 6.61. The zero-order valence-corrected chi connectivity index (χ0v) is 13.2. The second kappa shape index (κ2) is 5.82. The molecule has 0 radical (unpaired) electrons. The smallest absolute Gasteiger partial charge is 0.371 e. The van der Waals surface area contributed by atoms with E-state index in [2.05, 4.69) is 12.1 Å².